The minimum absolute atomic E-state index is 0. The lowest BCUT2D eigenvalue weighted by molar-refractivity contribution is -0.131. The molecule has 0 aliphatic carbocycles. The van der Waals surface area contributed by atoms with Crippen LogP contribution in [0.5, 0.6) is 0 Å². The number of carbonyl (C=O) groups excluding carboxylic acids is 1. The van der Waals surface area contributed by atoms with Crippen LogP contribution in [0.15, 0.2) is 30.3 Å². The van der Waals surface area contributed by atoms with Gasteiger partial charge in [0.15, 0.2) is 0 Å². The summed E-state index contributed by atoms with van der Waals surface area (Å²) in [6.45, 7) is 7.60. The summed E-state index contributed by atoms with van der Waals surface area (Å²) in [6.07, 6.45) is 2.57. The normalized spacial score (nSPS) is 17.0. The molecule has 1 aromatic rings. The SMILES string of the molecule is CCN(CC1CCN(Cc2ccccc2)C1)C(=O)CCCN.Cl.Cl. The van der Waals surface area contributed by atoms with Crippen LogP contribution in [0.25, 0.3) is 0 Å². The van der Waals surface area contributed by atoms with Crippen LogP contribution in [0, 0.1) is 5.92 Å². The van der Waals surface area contributed by atoms with Crippen LogP contribution < -0.4 is 5.73 Å². The second-order valence-corrected chi connectivity index (χ2v) is 6.20. The topological polar surface area (TPSA) is 49.6 Å². The van der Waals surface area contributed by atoms with Gasteiger partial charge in [-0.05, 0) is 44.3 Å². The molecule has 1 aromatic carbocycles. The van der Waals surface area contributed by atoms with Gasteiger partial charge in [0.2, 0.25) is 5.91 Å². The summed E-state index contributed by atoms with van der Waals surface area (Å²) >= 11 is 0. The van der Waals surface area contributed by atoms with E-state index in [2.05, 4.69) is 42.2 Å². The Labute approximate surface area is 158 Å². The molecule has 1 atom stereocenters. The Bertz CT molecular complexity index is 459. The minimum atomic E-state index is 0. The molecule has 0 bridgehead atoms. The van der Waals surface area contributed by atoms with E-state index in [1.807, 2.05) is 4.90 Å². The van der Waals surface area contributed by atoms with Crippen LogP contribution in [0.1, 0.15) is 31.7 Å². The Kier molecular flexibility index (Phi) is 12.1. The minimum Gasteiger partial charge on any atom is -0.343 e. The van der Waals surface area contributed by atoms with Gasteiger partial charge in [-0.3, -0.25) is 9.69 Å². The van der Waals surface area contributed by atoms with Crippen molar-refractivity contribution in [2.24, 2.45) is 11.7 Å². The van der Waals surface area contributed by atoms with Gasteiger partial charge in [0.1, 0.15) is 0 Å². The van der Waals surface area contributed by atoms with Crippen LogP contribution in [-0.4, -0.2) is 48.4 Å². The third kappa shape index (κ3) is 7.39. The van der Waals surface area contributed by atoms with E-state index in [-0.39, 0.29) is 30.7 Å². The highest BCUT2D eigenvalue weighted by Gasteiger charge is 2.25. The molecule has 0 aromatic heterocycles. The number of likely N-dealkylation sites (tertiary alicyclic amines) is 1. The lowest BCUT2D eigenvalue weighted by atomic mass is 10.1. The zero-order valence-corrected chi connectivity index (χ0v) is 16.2. The molecular weight excluding hydrogens is 345 g/mol. The van der Waals surface area contributed by atoms with Crippen molar-refractivity contribution >= 4 is 30.7 Å². The fourth-order valence-electron chi connectivity index (χ4n) is 3.18. The van der Waals surface area contributed by atoms with Gasteiger partial charge >= 0.3 is 0 Å². The van der Waals surface area contributed by atoms with E-state index < -0.39 is 0 Å². The van der Waals surface area contributed by atoms with Crippen molar-refractivity contribution in [3.8, 4) is 0 Å². The van der Waals surface area contributed by atoms with Crippen LogP contribution in [0.3, 0.4) is 0 Å². The zero-order valence-electron chi connectivity index (χ0n) is 14.5. The third-order valence-corrected chi connectivity index (χ3v) is 4.43. The van der Waals surface area contributed by atoms with Gasteiger partial charge < -0.3 is 10.6 Å². The van der Waals surface area contributed by atoms with Gasteiger partial charge in [-0.2, -0.15) is 0 Å². The summed E-state index contributed by atoms with van der Waals surface area (Å²) in [4.78, 5) is 16.7. The lowest BCUT2D eigenvalue weighted by Crippen LogP contribution is -2.36. The van der Waals surface area contributed by atoms with Crippen molar-refractivity contribution in [1.82, 2.24) is 9.80 Å². The first kappa shape index (κ1) is 23.2. The molecule has 0 saturated carbocycles. The molecule has 2 rings (SSSR count). The van der Waals surface area contributed by atoms with Crippen molar-refractivity contribution in [2.75, 3.05) is 32.7 Å². The molecule has 1 amide bonds. The Hall–Kier alpha value is -0.810. The van der Waals surface area contributed by atoms with Crippen molar-refractivity contribution in [3.63, 3.8) is 0 Å². The summed E-state index contributed by atoms with van der Waals surface area (Å²) in [5.41, 5.74) is 6.87. The number of amides is 1. The van der Waals surface area contributed by atoms with Crippen molar-refractivity contribution in [1.29, 1.82) is 0 Å². The highest BCUT2D eigenvalue weighted by atomic mass is 35.5. The molecule has 1 aliphatic heterocycles. The fraction of sp³-hybridized carbons (Fsp3) is 0.611. The molecule has 0 spiro atoms. The number of hydrogen-bond donors (Lipinski definition) is 1. The van der Waals surface area contributed by atoms with Crippen molar-refractivity contribution in [3.05, 3.63) is 35.9 Å². The molecule has 2 N–H and O–H groups in total. The third-order valence-electron chi connectivity index (χ3n) is 4.43. The summed E-state index contributed by atoms with van der Waals surface area (Å²) in [6, 6.07) is 10.6. The van der Waals surface area contributed by atoms with E-state index in [1.54, 1.807) is 0 Å². The summed E-state index contributed by atoms with van der Waals surface area (Å²) in [5.74, 6) is 0.861. The summed E-state index contributed by atoms with van der Waals surface area (Å²) in [5, 5.41) is 0. The molecule has 1 unspecified atom stereocenters. The maximum absolute atomic E-state index is 12.2. The molecule has 1 heterocycles. The van der Waals surface area contributed by atoms with Gasteiger partial charge in [0.25, 0.3) is 0 Å². The summed E-state index contributed by atoms with van der Waals surface area (Å²) < 4.78 is 0. The van der Waals surface area contributed by atoms with E-state index in [0.29, 0.717) is 18.9 Å². The van der Waals surface area contributed by atoms with E-state index in [4.69, 9.17) is 5.73 Å². The van der Waals surface area contributed by atoms with Gasteiger partial charge in [-0.15, -0.1) is 24.8 Å². The molecule has 4 nitrogen and oxygen atoms in total. The number of halogens is 2. The molecular formula is C18H31Cl2N3O. The Morgan fingerprint density at radius 1 is 1.29 bits per heavy atom. The summed E-state index contributed by atoms with van der Waals surface area (Å²) in [7, 11) is 0. The molecule has 0 radical (unpaired) electrons. The average molecular weight is 376 g/mol. The van der Waals surface area contributed by atoms with E-state index in [9.17, 15) is 4.79 Å². The first-order chi connectivity index (χ1) is 10.7. The van der Waals surface area contributed by atoms with E-state index >= 15 is 0 Å². The Morgan fingerprint density at radius 2 is 2.00 bits per heavy atom. The number of nitrogens with zero attached hydrogens (tertiary/aromatic N) is 2. The van der Waals surface area contributed by atoms with Crippen molar-refractivity contribution in [2.45, 2.75) is 32.7 Å². The van der Waals surface area contributed by atoms with E-state index in [0.717, 1.165) is 39.1 Å². The Morgan fingerprint density at radius 3 is 2.62 bits per heavy atom. The largest absolute Gasteiger partial charge is 0.343 e. The predicted octanol–water partition coefficient (Wildman–Crippen LogP) is 2.94. The first-order valence-corrected chi connectivity index (χ1v) is 8.47. The number of benzene rings is 1. The van der Waals surface area contributed by atoms with Gasteiger partial charge in [-0.25, -0.2) is 0 Å². The number of hydrogen-bond acceptors (Lipinski definition) is 3. The molecule has 6 heteroatoms. The zero-order chi connectivity index (χ0) is 15.8. The lowest BCUT2D eigenvalue weighted by Gasteiger charge is -2.25. The smallest absolute Gasteiger partial charge is 0.222 e. The van der Waals surface area contributed by atoms with Gasteiger partial charge in [0, 0.05) is 32.6 Å². The standard InChI is InChI=1S/C18H29N3O.2ClH/c1-2-21(18(22)9-6-11-19)15-17-10-12-20(14-17)13-16-7-4-3-5-8-16;;/h3-5,7-8,17H,2,6,9-15,19H2,1H3;2*1H. The maximum atomic E-state index is 12.2. The quantitative estimate of drug-likeness (QED) is 0.759. The van der Waals surface area contributed by atoms with E-state index in [1.165, 1.54) is 12.0 Å². The van der Waals surface area contributed by atoms with Crippen LogP contribution in [-0.2, 0) is 11.3 Å². The molecule has 24 heavy (non-hydrogen) atoms. The highest BCUT2D eigenvalue weighted by Crippen LogP contribution is 2.20. The number of carbonyl (C=O) groups is 1. The first-order valence-electron chi connectivity index (χ1n) is 8.47. The van der Waals surface area contributed by atoms with Gasteiger partial charge in [-0.1, -0.05) is 30.3 Å². The second-order valence-electron chi connectivity index (χ2n) is 6.20. The molecule has 1 aliphatic rings. The molecule has 1 fully saturated rings. The van der Waals surface area contributed by atoms with Gasteiger partial charge in [0.05, 0.1) is 0 Å². The van der Waals surface area contributed by atoms with Crippen LogP contribution in [0.2, 0.25) is 0 Å². The number of nitrogens with two attached hydrogens (primary N) is 1. The number of rotatable bonds is 8. The molecule has 138 valence electrons. The highest BCUT2D eigenvalue weighted by molar-refractivity contribution is 5.85. The average Bonchev–Trinajstić information content (AvgIpc) is 2.98. The second kappa shape index (κ2) is 12.5. The Balaban J connectivity index is 0.00000264. The fourth-order valence-corrected chi connectivity index (χ4v) is 3.18. The van der Waals surface area contributed by atoms with Crippen molar-refractivity contribution < 1.29 is 4.79 Å². The monoisotopic (exact) mass is 375 g/mol. The van der Waals surface area contributed by atoms with Crippen LogP contribution in [0.4, 0.5) is 0 Å². The maximum Gasteiger partial charge on any atom is 0.222 e. The molecule has 1 saturated heterocycles. The predicted molar refractivity (Wildman–Crippen MR) is 105 cm³/mol. The van der Waals surface area contributed by atoms with Crippen LogP contribution >= 0.6 is 24.8 Å².